The summed E-state index contributed by atoms with van der Waals surface area (Å²) in [6, 6.07) is 10.5. The molecule has 0 unspecified atom stereocenters. The molecule has 2 nitrogen and oxygen atoms in total. The molecule has 2 rings (SSSR count). The fourth-order valence-corrected chi connectivity index (χ4v) is 1.56. The van der Waals surface area contributed by atoms with Gasteiger partial charge in [0.05, 0.1) is 0 Å². The summed E-state index contributed by atoms with van der Waals surface area (Å²) in [6.45, 7) is 0.759. The molecule has 2 aromatic rings. The van der Waals surface area contributed by atoms with E-state index in [1.54, 1.807) is 0 Å². The molecule has 0 spiro atoms. The minimum atomic E-state index is 0. The van der Waals surface area contributed by atoms with Gasteiger partial charge < -0.3 is 10.7 Å². The van der Waals surface area contributed by atoms with E-state index in [1.165, 1.54) is 16.6 Å². The SMILES string of the molecule is Cl.Cl.NCCCc1cc2ccccc2[nH]1. The number of hydrogen-bond acceptors (Lipinski definition) is 1. The van der Waals surface area contributed by atoms with Crippen molar-refractivity contribution in [1.82, 2.24) is 4.98 Å². The van der Waals surface area contributed by atoms with E-state index >= 15 is 0 Å². The second-order valence-corrected chi connectivity index (χ2v) is 3.27. The van der Waals surface area contributed by atoms with Gasteiger partial charge in [-0.1, -0.05) is 18.2 Å². The number of aromatic nitrogens is 1. The summed E-state index contributed by atoms with van der Waals surface area (Å²) in [5.41, 5.74) is 7.96. The summed E-state index contributed by atoms with van der Waals surface area (Å²) in [5, 5.41) is 1.29. The number of fused-ring (bicyclic) bond motifs is 1. The number of nitrogens with one attached hydrogen (secondary N) is 1. The number of H-pyrrole nitrogens is 1. The van der Waals surface area contributed by atoms with Gasteiger partial charge in [-0.25, -0.2) is 0 Å². The van der Waals surface area contributed by atoms with Gasteiger partial charge in [-0.2, -0.15) is 0 Å². The summed E-state index contributed by atoms with van der Waals surface area (Å²) in [5.74, 6) is 0. The third-order valence-corrected chi connectivity index (χ3v) is 2.24. The Labute approximate surface area is 102 Å². The van der Waals surface area contributed by atoms with Gasteiger partial charge in [0.1, 0.15) is 0 Å². The zero-order valence-electron chi connectivity index (χ0n) is 8.40. The minimum Gasteiger partial charge on any atom is -0.358 e. The van der Waals surface area contributed by atoms with Gasteiger partial charge in [-0.15, -0.1) is 24.8 Å². The number of para-hydroxylation sites is 1. The molecule has 1 aromatic heterocycles. The predicted molar refractivity (Wildman–Crippen MR) is 70.2 cm³/mol. The maximum Gasteiger partial charge on any atom is 0.0456 e. The molecule has 84 valence electrons. The van der Waals surface area contributed by atoms with Crippen LogP contribution in [0.5, 0.6) is 0 Å². The lowest BCUT2D eigenvalue weighted by Gasteiger charge is -1.92. The topological polar surface area (TPSA) is 41.8 Å². The van der Waals surface area contributed by atoms with Crippen LogP contribution < -0.4 is 5.73 Å². The van der Waals surface area contributed by atoms with E-state index in [0.717, 1.165) is 19.4 Å². The Bertz CT molecular complexity index is 365. The van der Waals surface area contributed by atoms with Crippen molar-refractivity contribution in [3.63, 3.8) is 0 Å². The average molecular weight is 247 g/mol. The van der Waals surface area contributed by atoms with Crippen LogP contribution in [-0.2, 0) is 6.42 Å². The first kappa shape index (κ1) is 14.3. The van der Waals surface area contributed by atoms with Crippen LogP contribution in [0.3, 0.4) is 0 Å². The van der Waals surface area contributed by atoms with Gasteiger partial charge in [0.15, 0.2) is 0 Å². The van der Waals surface area contributed by atoms with E-state index < -0.39 is 0 Å². The highest BCUT2D eigenvalue weighted by molar-refractivity contribution is 5.85. The Morgan fingerprint density at radius 1 is 1.13 bits per heavy atom. The minimum absolute atomic E-state index is 0. The molecule has 0 radical (unpaired) electrons. The molecule has 0 saturated carbocycles. The Balaban J connectivity index is 0.000000980. The summed E-state index contributed by atoms with van der Waals surface area (Å²) >= 11 is 0. The van der Waals surface area contributed by atoms with Crippen LogP contribution in [0.2, 0.25) is 0 Å². The summed E-state index contributed by atoms with van der Waals surface area (Å²) < 4.78 is 0. The number of aryl methyl sites for hydroxylation is 1. The molecular formula is C11H16Cl2N2. The lowest BCUT2D eigenvalue weighted by Crippen LogP contribution is -2.00. The van der Waals surface area contributed by atoms with Crippen LogP contribution in [-0.4, -0.2) is 11.5 Å². The van der Waals surface area contributed by atoms with E-state index in [-0.39, 0.29) is 24.8 Å². The molecule has 3 N–H and O–H groups in total. The van der Waals surface area contributed by atoms with Crippen molar-refractivity contribution in [3.8, 4) is 0 Å². The van der Waals surface area contributed by atoms with Crippen molar-refractivity contribution >= 4 is 35.7 Å². The number of halogens is 2. The zero-order valence-corrected chi connectivity index (χ0v) is 10.0. The van der Waals surface area contributed by atoms with Crippen LogP contribution in [0.15, 0.2) is 30.3 Å². The van der Waals surface area contributed by atoms with Crippen LogP contribution in [0.25, 0.3) is 10.9 Å². The third-order valence-electron chi connectivity index (χ3n) is 2.24. The summed E-state index contributed by atoms with van der Waals surface area (Å²) in [4.78, 5) is 3.37. The van der Waals surface area contributed by atoms with Crippen molar-refractivity contribution in [1.29, 1.82) is 0 Å². The van der Waals surface area contributed by atoms with Crippen LogP contribution in [0.4, 0.5) is 0 Å². The smallest absolute Gasteiger partial charge is 0.0456 e. The first-order valence-corrected chi connectivity index (χ1v) is 4.67. The molecule has 15 heavy (non-hydrogen) atoms. The molecule has 0 saturated heterocycles. The lowest BCUT2D eigenvalue weighted by atomic mass is 10.2. The molecular weight excluding hydrogens is 231 g/mol. The molecule has 1 aromatic carbocycles. The Morgan fingerprint density at radius 3 is 2.53 bits per heavy atom. The van der Waals surface area contributed by atoms with Gasteiger partial charge in [-0.05, 0) is 36.9 Å². The molecule has 0 aliphatic rings. The lowest BCUT2D eigenvalue weighted by molar-refractivity contribution is 0.818. The van der Waals surface area contributed by atoms with Crippen LogP contribution in [0, 0.1) is 0 Å². The fourth-order valence-electron chi connectivity index (χ4n) is 1.56. The van der Waals surface area contributed by atoms with E-state index in [4.69, 9.17) is 5.73 Å². The van der Waals surface area contributed by atoms with Crippen molar-refractivity contribution in [2.24, 2.45) is 5.73 Å². The highest BCUT2D eigenvalue weighted by Crippen LogP contribution is 2.15. The maximum atomic E-state index is 5.46. The van der Waals surface area contributed by atoms with E-state index in [1.807, 2.05) is 6.07 Å². The van der Waals surface area contributed by atoms with E-state index in [9.17, 15) is 0 Å². The monoisotopic (exact) mass is 246 g/mol. The highest BCUT2D eigenvalue weighted by atomic mass is 35.5. The van der Waals surface area contributed by atoms with Crippen molar-refractivity contribution in [3.05, 3.63) is 36.0 Å². The summed E-state index contributed by atoms with van der Waals surface area (Å²) in [6.07, 6.45) is 2.10. The average Bonchev–Trinajstić information content (AvgIpc) is 2.57. The largest absolute Gasteiger partial charge is 0.358 e. The molecule has 0 amide bonds. The fraction of sp³-hybridized carbons (Fsp3) is 0.273. The molecule has 1 heterocycles. The quantitative estimate of drug-likeness (QED) is 0.860. The van der Waals surface area contributed by atoms with Crippen molar-refractivity contribution in [2.45, 2.75) is 12.8 Å². The molecule has 0 aliphatic carbocycles. The predicted octanol–water partition coefficient (Wildman–Crippen LogP) is 2.90. The number of benzene rings is 1. The standard InChI is InChI=1S/C11H14N2.2ClH/c12-7-3-5-10-8-9-4-1-2-6-11(9)13-10;;/h1-2,4,6,8,13H,3,5,7,12H2;2*1H. The van der Waals surface area contributed by atoms with Gasteiger partial charge in [0.2, 0.25) is 0 Å². The number of nitrogens with two attached hydrogens (primary N) is 1. The Morgan fingerprint density at radius 2 is 1.87 bits per heavy atom. The number of rotatable bonds is 3. The molecule has 0 bridgehead atoms. The third kappa shape index (κ3) is 3.42. The zero-order chi connectivity index (χ0) is 9.10. The normalized spacial score (nSPS) is 9.40. The van der Waals surface area contributed by atoms with Crippen LogP contribution in [0.1, 0.15) is 12.1 Å². The molecule has 4 heteroatoms. The van der Waals surface area contributed by atoms with Crippen molar-refractivity contribution < 1.29 is 0 Å². The second kappa shape index (κ2) is 6.72. The van der Waals surface area contributed by atoms with E-state index in [0.29, 0.717) is 0 Å². The summed E-state index contributed by atoms with van der Waals surface area (Å²) in [7, 11) is 0. The molecule has 0 atom stereocenters. The molecule has 0 fully saturated rings. The molecule has 0 aliphatic heterocycles. The second-order valence-electron chi connectivity index (χ2n) is 3.27. The number of aromatic amines is 1. The van der Waals surface area contributed by atoms with Gasteiger partial charge in [-0.3, -0.25) is 0 Å². The maximum absolute atomic E-state index is 5.46. The van der Waals surface area contributed by atoms with Gasteiger partial charge >= 0.3 is 0 Å². The first-order chi connectivity index (χ1) is 6.40. The number of hydrogen-bond donors (Lipinski definition) is 2. The van der Waals surface area contributed by atoms with Crippen LogP contribution >= 0.6 is 24.8 Å². The van der Waals surface area contributed by atoms with Gasteiger partial charge in [0.25, 0.3) is 0 Å². The Kier molecular flexibility index (Phi) is 6.41. The first-order valence-electron chi connectivity index (χ1n) is 4.67. The van der Waals surface area contributed by atoms with Crippen molar-refractivity contribution in [2.75, 3.05) is 6.54 Å². The van der Waals surface area contributed by atoms with E-state index in [2.05, 4.69) is 29.2 Å². The highest BCUT2D eigenvalue weighted by Gasteiger charge is 1.98. The van der Waals surface area contributed by atoms with Gasteiger partial charge in [0, 0.05) is 11.2 Å². The Hall–Kier alpha value is -0.700.